The van der Waals surface area contributed by atoms with Crippen LogP contribution >= 0.6 is 11.6 Å². The van der Waals surface area contributed by atoms with Gasteiger partial charge < -0.3 is 9.47 Å². The van der Waals surface area contributed by atoms with Gasteiger partial charge >= 0.3 is 0 Å². The topological polar surface area (TPSA) is 66.8 Å². The average Bonchev–Trinajstić information content (AvgIpc) is 3.07. The lowest BCUT2D eigenvalue weighted by Crippen LogP contribution is -2.33. The number of nitrogens with one attached hydrogen (secondary N) is 1. The molecule has 0 saturated heterocycles. The summed E-state index contributed by atoms with van der Waals surface area (Å²) in [6.07, 6.45) is 4.93. The van der Waals surface area contributed by atoms with Crippen molar-refractivity contribution >= 4 is 17.3 Å². The molecule has 1 aromatic carbocycles. The second-order valence-corrected chi connectivity index (χ2v) is 6.98. The summed E-state index contributed by atoms with van der Waals surface area (Å²) < 4.78 is 15.6. The number of hydrogen-bond acceptors (Lipinski definition) is 4. The maximum atomic E-state index is 13.5. The largest absolute Gasteiger partial charge is 0.363 e. The Morgan fingerprint density at radius 1 is 1.33 bits per heavy atom. The summed E-state index contributed by atoms with van der Waals surface area (Å²) in [5, 5.41) is 6.35. The first-order valence-corrected chi connectivity index (χ1v) is 9.23. The minimum absolute atomic E-state index is 0.145. The van der Waals surface area contributed by atoms with Crippen LogP contribution in [0.15, 0.2) is 35.5 Å². The number of aryl methyl sites for hydroxylation is 1. The van der Waals surface area contributed by atoms with E-state index in [1.807, 2.05) is 24.2 Å². The number of benzene rings is 1. The fourth-order valence-electron chi connectivity index (χ4n) is 3.54. The molecule has 0 fully saturated rings. The van der Waals surface area contributed by atoms with E-state index in [0.717, 1.165) is 35.4 Å². The summed E-state index contributed by atoms with van der Waals surface area (Å²) >= 11 is 6.17. The van der Waals surface area contributed by atoms with Gasteiger partial charge in [-0.25, -0.2) is 14.5 Å². The SMILES string of the molecule is CCc1cc(F)ccc1Cn1cnc2c1CN(c1cn[nH]c(=O)c1Cl)CC2. The second-order valence-electron chi connectivity index (χ2n) is 6.60. The van der Waals surface area contributed by atoms with E-state index in [2.05, 4.69) is 19.7 Å². The minimum atomic E-state index is -0.396. The van der Waals surface area contributed by atoms with E-state index >= 15 is 0 Å². The average molecular weight is 388 g/mol. The van der Waals surface area contributed by atoms with E-state index in [0.29, 0.717) is 25.3 Å². The molecule has 0 unspecified atom stereocenters. The van der Waals surface area contributed by atoms with Gasteiger partial charge in [-0.1, -0.05) is 24.6 Å². The molecule has 6 nitrogen and oxygen atoms in total. The van der Waals surface area contributed by atoms with E-state index in [1.54, 1.807) is 12.3 Å². The molecule has 3 heterocycles. The molecule has 0 amide bonds. The molecule has 8 heteroatoms. The lowest BCUT2D eigenvalue weighted by molar-refractivity contribution is 0.621. The Bertz CT molecular complexity index is 1040. The molecule has 4 rings (SSSR count). The Hall–Kier alpha value is -2.67. The Morgan fingerprint density at radius 2 is 2.19 bits per heavy atom. The maximum absolute atomic E-state index is 13.5. The van der Waals surface area contributed by atoms with Crippen LogP contribution in [-0.2, 0) is 25.9 Å². The standard InChI is InChI=1S/C19H19ClFN5O/c1-2-12-7-14(21)4-3-13(12)9-26-11-22-15-5-6-25(10-17(15)26)16-8-23-24-19(27)18(16)20/h3-4,7-8,11H,2,5-6,9-10H2,1H3,(H,24,27). The highest BCUT2D eigenvalue weighted by molar-refractivity contribution is 6.32. The van der Waals surface area contributed by atoms with Gasteiger partial charge in [0, 0.05) is 19.5 Å². The summed E-state index contributed by atoms with van der Waals surface area (Å²) in [4.78, 5) is 18.3. The van der Waals surface area contributed by atoms with Crippen LogP contribution in [0.4, 0.5) is 10.1 Å². The Morgan fingerprint density at radius 3 is 3.00 bits per heavy atom. The molecule has 3 aromatic rings. The fraction of sp³-hybridized carbons (Fsp3) is 0.316. The highest BCUT2D eigenvalue weighted by Gasteiger charge is 2.24. The van der Waals surface area contributed by atoms with Crippen LogP contribution in [0.3, 0.4) is 0 Å². The van der Waals surface area contributed by atoms with Crippen molar-refractivity contribution in [2.75, 3.05) is 11.4 Å². The molecule has 1 N–H and O–H groups in total. The van der Waals surface area contributed by atoms with Crippen LogP contribution in [0.1, 0.15) is 29.4 Å². The molecule has 140 valence electrons. The maximum Gasteiger partial charge on any atom is 0.285 e. The van der Waals surface area contributed by atoms with Gasteiger partial charge in [-0.05, 0) is 29.7 Å². The lowest BCUT2D eigenvalue weighted by Gasteiger charge is -2.29. The van der Waals surface area contributed by atoms with E-state index in [4.69, 9.17) is 11.6 Å². The number of aromatic nitrogens is 4. The van der Waals surface area contributed by atoms with Gasteiger partial charge in [0.05, 0.1) is 36.1 Å². The Kier molecular flexibility index (Phi) is 4.70. The molecule has 2 aromatic heterocycles. The number of H-pyrrole nitrogens is 1. The first-order valence-electron chi connectivity index (χ1n) is 8.85. The summed E-state index contributed by atoms with van der Waals surface area (Å²) in [5.74, 6) is -0.217. The smallest absolute Gasteiger partial charge is 0.285 e. The first kappa shape index (κ1) is 17.7. The first-order chi connectivity index (χ1) is 13.1. The van der Waals surface area contributed by atoms with Crippen LogP contribution in [0.2, 0.25) is 5.02 Å². The van der Waals surface area contributed by atoms with Crippen LogP contribution < -0.4 is 10.5 Å². The zero-order valence-electron chi connectivity index (χ0n) is 14.9. The molecule has 1 aliphatic rings. The molecule has 27 heavy (non-hydrogen) atoms. The van der Waals surface area contributed by atoms with Gasteiger partial charge in [0.15, 0.2) is 0 Å². The minimum Gasteiger partial charge on any atom is -0.363 e. The lowest BCUT2D eigenvalue weighted by atomic mass is 10.0. The summed E-state index contributed by atoms with van der Waals surface area (Å²) in [6.45, 7) is 3.95. The highest BCUT2D eigenvalue weighted by Crippen LogP contribution is 2.27. The Balaban J connectivity index is 1.64. The van der Waals surface area contributed by atoms with Gasteiger partial charge in [-0.15, -0.1) is 0 Å². The third-order valence-electron chi connectivity index (χ3n) is 5.00. The molecule has 1 aliphatic heterocycles. The zero-order chi connectivity index (χ0) is 19.0. The van der Waals surface area contributed by atoms with Crippen LogP contribution in [-0.4, -0.2) is 26.3 Å². The van der Waals surface area contributed by atoms with E-state index < -0.39 is 5.56 Å². The molecule has 0 spiro atoms. The van der Waals surface area contributed by atoms with Gasteiger partial charge in [-0.2, -0.15) is 5.10 Å². The summed E-state index contributed by atoms with van der Waals surface area (Å²) in [5.41, 5.74) is 4.41. The molecule has 0 aliphatic carbocycles. The molecule has 0 radical (unpaired) electrons. The van der Waals surface area contributed by atoms with Crippen LogP contribution in [0.25, 0.3) is 0 Å². The van der Waals surface area contributed by atoms with E-state index in [-0.39, 0.29) is 10.8 Å². The van der Waals surface area contributed by atoms with Crippen molar-refractivity contribution in [3.8, 4) is 0 Å². The third-order valence-corrected chi connectivity index (χ3v) is 5.36. The number of halogens is 2. The van der Waals surface area contributed by atoms with Crippen molar-refractivity contribution in [1.82, 2.24) is 19.7 Å². The third kappa shape index (κ3) is 3.35. The van der Waals surface area contributed by atoms with Gasteiger partial charge in [0.1, 0.15) is 10.8 Å². The second kappa shape index (κ2) is 7.15. The van der Waals surface area contributed by atoms with Crippen molar-refractivity contribution in [3.05, 3.63) is 74.4 Å². The number of nitrogens with zero attached hydrogens (tertiary/aromatic N) is 4. The van der Waals surface area contributed by atoms with Gasteiger partial charge in [0.2, 0.25) is 0 Å². The van der Waals surface area contributed by atoms with Crippen molar-refractivity contribution < 1.29 is 4.39 Å². The summed E-state index contributed by atoms with van der Waals surface area (Å²) in [7, 11) is 0. The fourth-order valence-corrected chi connectivity index (χ4v) is 3.75. The van der Waals surface area contributed by atoms with Crippen molar-refractivity contribution in [2.24, 2.45) is 0 Å². The number of hydrogen-bond donors (Lipinski definition) is 1. The zero-order valence-corrected chi connectivity index (χ0v) is 15.6. The molecular weight excluding hydrogens is 369 g/mol. The molecule has 0 atom stereocenters. The van der Waals surface area contributed by atoms with E-state index in [1.165, 1.54) is 6.07 Å². The molecule has 0 saturated carbocycles. The van der Waals surface area contributed by atoms with Crippen molar-refractivity contribution in [2.45, 2.75) is 32.9 Å². The van der Waals surface area contributed by atoms with Crippen molar-refractivity contribution in [3.63, 3.8) is 0 Å². The van der Waals surface area contributed by atoms with Gasteiger partial charge in [0.25, 0.3) is 5.56 Å². The van der Waals surface area contributed by atoms with E-state index in [9.17, 15) is 9.18 Å². The number of imidazole rings is 1. The van der Waals surface area contributed by atoms with Crippen LogP contribution in [0, 0.1) is 5.82 Å². The Labute approximate surface area is 160 Å². The van der Waals surface area contributed by atoms with Crippen molar-refractivity contribution in [1.29, 1.82) is 0 Å². The highest BCUT2D eigenvalue weighted by atomic mass is 35.5. The predicted octanol–water partition coefficient (Wildman–Crippen LogP) is 2.93. The normalized spacial score (nSPS) is 13.7. The molecule has 0 bridgehead atoms. The monoisotopic (exact) mass is 387 g/mol. The number of rotatable bonds is 4. The predicted molar refractivity (Wildman–Crippen MR) is 102 cm³/mol. The number of aromatic amines is 1. The van der Waals surface area contributed by atoms with Gasteiger partial charge in [-0.3, -0.25) is 4.79 Å². The molecular formula is C19H19ClFN5O. The number of fused-ring (bicyclic) bond motifs is 1. The van der Waals surface area contributed by atoms with Crippen LogP contribution in [0.5, 0.6) is 0 Å². The number of anilines is 1. The summed E-state index contributed by atoms with van der Waals surface area (Å²) in [6, 6.07) is 4.91. The quantitative estimate of drug-likeness (QED) is 0.747.